The van der Waals surface area contributed by atoms with Crippen LogP contribution in [0, 0.1) is 12.8 Å². The Kier molecular flexibility index (Phi) is 8.19. The quantitative estimate of drug-likeness (QED) is 0.677. The Balaban J connectivity index is 1.99. The number of aryl methyl sites for hydroxylation is 1. The van der Waals surface area contributed by atoms with Crippen LogP contribution >= 0.6 is 0 Å². The summed E-state index contributed by atoms with van der Waals surface area (Å²) in [6.45, 7) is 10.1. The summed E-state index contributed by atoms with van der Waals surface area (Å²) < 4.78 is 5.53. The van der Waals surface area contributed by atoms with Crippen molar-refractivity contribution in [2.45, 2.75) is 59.7 Å². The van der Waals surface area contributed by atoms with Gasteiger partial charge in [0.25, 0.3) is 5.91 Å². The number of nitrogens with zero attached hydrogens (tertiary/aromatic N) is 1. The molecule has 6 nitrogen and oxygen atoms in total. The Bertz CT molecular complexity index is 816. The van der Waals surface area contributed by atoms with Crippen molar-refractivity contribution < 1.29 is 14.3 Å². The summed E-state index contributed by atoms with van der Waals surface area (Å²) in [5.74, 6) is 0.374. The molecule has 1 aromatic carbocycles. The first-order valence-electron chi connectivity index (χ1n) is 10.0. The number of benzene rings is 1. The van der Waals surface area contributed by atoms with Gasteiger partial charge in [0.05, 0.1) is 6.10 Å². The van der Waals surface area contributed by atoms with E-state index in [-0.39, 0.29) is 23.8 Å². The average molecular weight is 398 g/mol. The number of amides is 2. The molecule has 1 atom stereocenters. The first-order valence-corrected chi connectivity index (χ1v) is 10.0. The van der Waals surface area contributed by atoms with Crippen molar-refractivity contribution in [3.8, 4) is 5.88 Å². The second kappa shape index (κ2) is 10.6. The molecule has 0 spiro atoms. The molecule has 1 heterocycles. The highest BCUT2D eigenvalue weighted by Crippen LogP contribution is 2.12. The fourth-order valence-electron chi connectivity index (χ4n) is 2.91. The third kappa shape index (κ3) is 7.22. The molecule has 2 N–H and O–H groups in total. The topological polar surface area (TPSA) is 80.3 Å². The zero-order valence-electron chi connectivity index (χ0n) is 17.9. The molecule has 0 aliphatic heterocycles. The number of rotatable bonds is 9. The van der Waals surface area contributed by atoms with Crippen LogP contribution in [0.2, 0.25) is 0 Å². The van der Waals surface area contributed by atoms with Gasteiger partial charge in [-0.15, -0.1) is 0 Å². The number of aromatic nitrogens is 1. The normalized spacial score (nSPS) is 12.0. The van der Waals surface area contributed by atoms with E-state index in [1.54, 1.807) is 18.3 Å². The van der Waals surface area contributed by atoms with E-state index < -0.39 is 6.04 Å². The average Bonchev–Trinajstić information content (AvgIpc) is 2.66. The number of carbonyl (C=O) groups excluding carboxylic acids is 2. The van der Waals surface area contributed by atoms with Crippen LogP contribution < -0.4 is 15.4 Å². The Morgan fingerprint density at radius 2 is 1.79 bits per heavy atom. The maximum absolute atomic E-state index is 12.7. The fourth-order valence-corrected chi connectivity index (χ4v) is 2.91. The van der Waals surface area contributed by atoms with E-state index in [1.165, 1.54) is 0 Å². The predicted octanol–water partition coefficient (Wildman–Crippen LogP) is 3.64. The maximum Gasteiger partial charge on any atom is 0.252 e. The van der Waals surface area contributed by atoms with Gasteiger partial charge in [-0.1, -0.05) is 38.1 Å². The molecule has 6 heteroatoms. The first kappa shape index (κ1) is 22.4. The molecule has 0 bridgehead atoms. The van der Waals surface area contributed by atoms with Crippen molar-refractivity contribution in [3.63, 3.8) is 0 Å². The minimum absolute atomic E-state index is 0.0571. The van der Waals surface area contributed by atoms with E-state index in [0.29, 0.717) is 24.4 Å². The summed E-state index contributed by atoms with van der Waals surface area (Å²) in [7, 11) is 0. The highest BCUT2D eigenvalue weighted by atomic mass is 16.5. The molecular weight excluding hydrogens is 366 g/mol. The second-order valence-corrected chi connectivity index (χ2v) is 7.86. The third-order valence-corrected chi connectivity index (χ3v) is 4.34. The molecule has 29 heavy (non-hydrogen) atoms. The lowest BCUT2D eigenvalue weighted by Gasteiger charge is -2.21. The van der Waals surface area contributed by atoms with Crippen LogP contribution in [0.5, 0.6) is 5.88 Å². The monoisotopic (exact) mass is 397 g/mol. The van der Waals surface area contributed by atoms with Crippen molar-refractivity contribution in [1.29, 1.82) is 0 Å². The van der Waals surface area contributed by atoms with Gasteiger partial charge in [-0.3, -0.25) is 9.59 Å². The van der Waals surface area contributed by atoms with E-state index in [9.17, 15) is 9.59 Å². The summed E-state index contributed by atoms with van der Waals surface area (Å²) in [6.07, 6.45) is 2.30. The van der Waals surface area contributed by atoms with Gasteiger partial charge in [-0.2, -0.15) is 0 Å². The van der Waals surface area contributed by atoms with E-state index in [4.69, 9.17) is 4.74 Å². The Morgan fingerprint density at radius 3 is 2.38 bits per heavy atom. The summed E-state index contributed by atoms with van der Waals surface area (Å²) in [5.41, 5.74) is 2.32. The second-order valence-electron chi connectivity index (χ2n) is 7.86. The highest BCUT2D eigenvalue weighted by molar-refractivity contribution is 5.98. The summed E-state index contributed by atoms with van der Waals surface area (Å²) in [5, 5.41) is 5.79. The summed E-state index contributed by atoms with van der Waals surface area (Å²) in [6, 6.07) is 10.4. The minimum Gasteiger partial charge on any atom is -0.475 e. The molecule has 2 rings (SSSR count). The van der Waals surface area contributed by atoms with Crippen molar-refractivity contribution in [2.75, 3.05) is 0 Å². The molecule has 0 fully saturated rings. The van der Waals surface area contributed by atoms with Crippen LogP contribution in [0.1, 0.15) is 55.6 Å². The molecule has 0 aliphatic carbocycles. The van der Waals surface area contributed by atoms with E-state index in [1.807, 2.05) is 58.9 Å². The maximum atomic E-state index is 12.7. The number of hydrogen-bond acceptors (Lipinski definition) is 4. The smallest absolute Gasteiger partial charge is 0.252 e. The van der Waals surface area contributed by atoms with Crippen molar-refractivity contribution >= 4 is 11.8 Å². The lowest BCUT2D eigenvalue weighted by molar-refractivity contribution is -0.123. The Hall–Kier alpha value is -2.89. The number of ether oxygens (including phenoxy) is 1. The predicted molar refractivity (Wildman–Crippen MR) is 114 cm³/mol. The van der Waals surface area contributed by atoms with Gasteiger partial charge < -0.3 is 15.4 Å². The zero-order valence-corrected chi connectivity index (χ0v) is 17.9. The van der Waals surface area contributed by atoms with E-state index in [0.717, 1.165) is 11.1 Å². The SMILES string of the molecule is Cc1ccccc1C(=O)NC(CC(C)C)C(=O)NCc1ccc(OC(C)C)nc1. The van der Waals surface area contributed by atoms with Gasteiger partial charge in [-0.25, -0.2) is 4.98 Å². The molecule has 1 unspecified atom stereocenters. The molecule has 0 radical (unpaired) electrons. The van der Waals surface area contributed by atoms with E-state index >= 15 is 0 Å². The van der Waals surface area contributed by atoms with Crippen LogP contribution in [0.25, 0.3) is 0 Å². The van der Waals surface area contributed by atoms with Gasteiger partial charge in [-0.05, 0) is 50.3 Å². The number of carbonyl (C=O) groups is 2. The third-order valence-electron chi connectivity index (χ3n) is 4.34. The van der Waals surface area contributed by atoms with Crippen molar-refractivity contribution in [3.05, 3.63) is 59.3 Å². The fraction of sp³-hybridized carbons (Fsp3) is 0.435. The Labute approximate surface area is 173 Å². The standard InChI is InChI=1S/C23H31N3O3/c1-15(2)12-20(26-22(27)19-9-7-6-8-17(19)5)23(28)25-14-18-10-11-21(24-13-18)29-16(3)4/h6-11,13,15-16,20H,12,14H2,1-5H3,(H,25,28)(H,26,27). The first-order chi connectivity index (χ1) is 13.8. The van der Waals surface area contributed by atoms with Crippen LogP contribution in [-0.2, 0) is 11.3 Å². The molecular formula is C23H31N3O3. The van der Waals surface area contributed by atoms with Crippen molar-refractivity contribution in [2.24, 2.45) is 5.92 Å². The van der Waals surface area contributed by atoms with Crippen LogP contribution in [0.15, 0.2) is 42.6 Å². The number of hydrogen-bond donors (Lipinski definition) is 2. The van der Waals surface area contributed by atoms with Crippen LogP contribution in [0.3, 0.4) is 0 Å². The Morgan fingerprint density at radius 1 is 1.07 bits per heavy atom. The van der Waals surface area contributed by atoms with Crippen molar-refractivity contribution in [1.82, 2.24) is 15.6 Å². The lowest BCUT2D eigenvalue weighted by Crippen LogP contribution is -2.47. The molecule has 2 aromatic rings. The molecule has 0 aliphatic rings. The lowest BCUT2D eigenvalue weighted by atomic mass is 10.0. The van der Waals surface area contributed by atoms with Crippen LogP contribution in [0.4, 0.5) is 0 Å². The molecule has 2 amide bonds. The van der Waals surface area contributed by atoms with E-state index in [2.05, 4.69) is 15.6 Å². The molecule has 156 valence electrons. The molecule has 1 aromatic heterocycles. The number of pyridine rings is 1. The molecule has 0 saturated carbocycles. The molecule has 0 saturated heterocycles. The minimum atomic E-state index is -0.599. The van der Waals surface area contributed by atoms with Gasteiger partial charge in [0.15, 0.2) is 0 Å². The zero-order chi connectivity index (χ0) is 21.4. The van der Waals surface area contributed by atoms with Gasteiger partial charge in [0, 0.05) is 24.4 Å². The number of nitrogens with one attached hydrogen (secondary N) is 2. The van der Waals surface area contributed by atoms with Gasteiger partial charge in [0.1, 0.15) is 6.04 Å². The highest BCUT2D eigenvalue weighted by Gasteiger charge is 2.23. The largest absolute Gasteiger partial charge is 0.475 e. The van der Waals surface area contributed by atoms with Gasteiger partial charge >= 0.3 is 0 Å². The van der Waals surface area contributed by atoms with Crippen LogP contribution in [-0.4, -0.2) is 28.9 Å². The summed E-state index contributed by atoms with van der Waals surface area (Å²) in [4.78, 5) is 29.6. The van der Waals surface area contributed by atoms with Gasteiger partial charge in [0.2, 0.25) is 11.8 Å². The summed E-state index contributed by atoms with van der Waals surface area (Å²) >= 11 is 0.